The third-order valence-electron chi connectivity index (χ3n) is 5.51. The molecule has 0 radical (unpaired) electrons. The fourth-order valence-corrected chi connectivity index (χ4v) is 4.16. The zero-order valence-electron chi connectivity index (χ0n) is 17.0. The summed E-state index contributed by atoms with van der Waals surface area (Å²) in [5.41, 5.74) is 0. The number of rotatable bonds is 6. The van der Waals surface area contributed by atoms with Gasteiger partial charge in [0.1, 0.15) is 12.4 Å². The standard InChI is InChI=1S/C21H31ClN4O2.HI/c1-23-21(24-12-14-28-19-10-6-5-9-18(19)22)25-17-11-13-26(15-17)20(27)16-7-3-2-4-8-16;/h5-6,9-10,16-17H,2-4,7-8,11-15H2,1H3,(H2,23,24,25);1H. The molecule has 1 amide bonds. The van der Waals surface area contributed by atoms with Crippen LogP contribution in [-0.2, 0) is 4.79 Å². The maximum absolute atomic E-state index is 12.7. The molecule has 2 fully saturated rings. The fourth-order valence-electron chi connectivity index (χ4n) is 3.97. The number of nitrogens with zero attached hydrogens (tertiary/aromatic N) is 2. The summed E-state index contributed by atoms with van der Waals surface area (Å²) in [5.74, 6) is 2.01. The van der Waals surface area contributed by atoms with Gasteiger partial charge >= 0.3 is 0 Å². The molecule has 1 aliphatic carbocycles. The summed E-state index contributed by atoms with van der Waals surface area (Å²) in [4.78, 5) is 19.0. The van der Waals surface area contributed by atoms with E-state index in [0.29, 0.717) is 29.8 Å². The van der Waals surface area contributed by atoms with Crippen molar-refractivity contribution in [3.05, 3.63) is 29.3 Å². The predicted molar refractivity (Wildman–Crippen MR) is 128 cm³/mol. The van der Waals surface area contributed by atoms with Crippen LogP contribution in [0.5, 0.6) is 5.75 Å². The van der Waals surface area contributed by atoms with E-state index in [1.54, 1.807) is 7.05 Å². The van der Waals surface area contributed by atoms with E-state index in [9.17, 15) is 4.79 Å². The van der Waals surface area contributed by atoms with Gasteiger partial charge in [-0.25, -0.2) is 0 Å². The van der Waals surface area contributed by atoms with Crippen molar-refractivity contribution in [2.45, 2.75) is 44.6 Å². The third kappa shape index (κ3) is 7.20. The Hall–Kier alpha value is -1.22. The summed E-state index contributed by atoms with van der Waals surface area (Å²) in [7, 11) is 1.75. The number of aliphatic imine (C=N–C) groups is 1. The first-order valence-electron chi connectivity index (χ1n) is 10.3. The van der Waals surface area contributed by atoms with Crippen molar-refractivity contribution in [3.8, 4) is 5.75 Å². The molecule has 1 saturated heterocycles. The predicted octanol–water partition coefficient (Wildman–Crippen LogP) is 3.68. The minimum Gasteiger partial charge on any atom is -0.490 e. The van der Waals surface area contributed by atoms with E-state index >= 15 is 0 Å². The Labute approximate surface area is 195 Å². The number of guanidine groups is 1. The van der Waals surface area contributed by atoms with Crippen molar-refractivity contribution < 1.29 is 9.53 Å². The van der Waals surface area contributed by atoms with E-state index < -0.39 is 0 Å². The van der Waals surface area contributed by atoms with Crippen LogP contribution < -0.4 is 15.4 Å². The molecule has 8 heteroatoms. The number of para-hydroxylation sites is 1. The minimum absolute atomic E-state index is 0. The topological polar surface area (TPSA) is 66.0 Å². The van der Waals surface area contributed by atoms with Crippen LogP contribution in [0, 0.1) is 5.92 Å². The smallest absolute Gasteiger partial charge is 0.225 e. The normalized spacial score (nSPS) is 20.1. The second-order valence-electron chi connectivity index (χ2n) is 7.53. The van der Waals surface area contributed by atoms with Crippen molar-refractivity contribution in [2.24, 2.45) is 10.9 Å². The van der Waals surface area contributed by atoms with Gasteiger partial charge in [0, 0.05) is 32.1 Å². The van der Waals surface area contributed by atoms with Crippen molar-refractivity contribution in [1.82, 2.24) is 15.5 Å². The Bertz CT molecular complexity index is 682. The number of hydrogen-bond acceptors (Lipinski definition) is 3. The highest BCUT2D eigenvalue weighted by atomic mass is 127. The second kappa shape index (κ2) is 12.5. The van der Waals surface area contributed by atoms with Gasteiger partial charge in [-0.1, -0.05) is 43.0 Å². The van der Waals surface area contributed by atoms with Crippen LogP contribution in [0.2, 0.25) is 5.02 Å². The Morgan fingerprint density at radius 3 is 2.72 bits per heavy atom. The van der Waals surface area contributed by atoms with Gasteiger partial charge in [-0.15, -0.1) is 24.0 Å². The lowest BCUT2D eigenvalue weighted by atomic mass is 9.88. The van der Waals surface area contributed by atoms with Crippen LogP contribution in [-0.4, -0.2) is 56.1 Å². The molecular formula is C21H32ClIN4O2. The van der Waals surface area contributed by atoms with E-state index in [0.717, 1.165) is 38.3 Å². The van der Waals surface area contributed by atoms with Gasteiger partial charge in [-0.3, -0.25) is 9.79 Å². The number of likely N-dealkylation sites (tertiary alicyclic amines) is 1. The Kier molecular flexibility index (Phi) is 10.3. The summed E-state index contributed by atoms with van der Waals surface area (Å²) in [5, 5.41) is 7.30. The number of amides is 1. The molecule has 2 aliphatic rings. The van der Waals surface area contributed by atoms with Crippen molar-refractivity contribution >= 4 is 47.4 Å². The van der Waals surface area contributed by atoms with Crippen LogP contribution in [0.1, 0.15) is 38.5 Å². The van der Waals surface area contributed by atoms with E-state index in [1.807, 2.05) is 29.2 Å². The molecule has 1 saturated carbocycles. The highest BCUT2D eigenvalue weighted by Crippen LogP contribution is 2.27. The van der Waals surface area contributed by atoms with E-state index in [-0.39, 0.29) is 35.9 Å². The summed E-state index contributed by atoms with van der Waals surface area (Å²) < 4.78 is 5.69. The first-order valence-corrected chi connectivity index (χ1v) is 10.7. The fraction of sp³-hybridized carbons (Fsp3) is 0.619. The lowest BCUT2D eigenvalue weighted by molar-refractivity contribution is -0.135. The molecule has 3 rings (SSSR count). The molecule has 1 unspecified atom stereocenters. The van der Waals surface area contributed by atoms with Crippen molar-refractivity contribution in [1.29, 1.82) is 0 Å². The third-order valence-corrected chi connectivity index (χ3v) is 5.82. The van der Waals surface area contributed by atoms with E-state index in [1.165, 1.54) is 19.3 Å². The molecule has 162 valence electrons. The molecule has 29 heavy (non-hydrogen) atoms. The summed E-state index contributed by atoms with van der Waals surface area (Å²) >= 11 is 6.09. The average Bonchev–Trinajstić information content (AvgIpc) is 3.20. The molecule has 0 aromatic heterocycles. The molecule has 0 spiro atoms. The van der Waals surface area contributed by atoms with E-state index in [4.69, 9.17) is 16.3 Å². The maximum atomic E-state index is 12.7. The molecule has 1 heterocycles. The van der Waals surface area contributed by atoms with Crippen molar-refractivity contribution in [3.63, 3.8) is 0 Å². The van der Waals surface area contributed by atoms with E-state index in [2.05, 4.69) is 15.6 Å². The second-order valence-corrected chi connectivity index (χ2v) is 7.93. The highest BCUT2D eigenvalue weighted by molar-refractivity contribution is 14.0. The van der Waals surface area contributed by atoms with Gasteiger partial charge in [0.25, 0.3) is 0 Å². The Morgan fingerprint density at radius 1 is 1.24 bits per heavy atom. The maximum Gasteiger partial charge on any atom is 0.225 e. The molecular weight excluding hydrogens is 503 g/mol. The molecule has 0 bridgehead atoms. The first-order chi connectivity index (χ1) is 13.7. The summed E-state index contributed by atoms with van der Waals surface area (Å²) in [6, 6.07) is 7.68. The zero-order chi connectivity index (χ0) is 19.8. The minimum atomic E-state index is 0. The molecule has 1 aliphatic heterocycles. The van der Waals surface area contributed by atoms with Gasteiger partial charge in [0.05, 0.1) is 11.6 Å². The molecule has 1 aromatic carbocycles. The summed E-state index contributed by atoms with van der Waals surface area (Å²) in [6.07, 6.45) is 6.73. The lowest BCUT2D eigenvalue weighted by Crippen LogP contribution is -2.46. The van der Waals surface area contributed by atoms with Gasteiger partial charge in [-0.2, -0.15) is 0 Å². The number of hydrogen-bond donors (Lipinski definition) is 2. The summed E-state index contributed by atoms with van der Waals surface area (Å²) in [6.45, 7) is 2.69. The first kappa shape index (κ1) is 24.1. The molecule has 1 aromatic rings. The molecule has 6 nitrogen and oxygen atoms in total. The van der Waals surface area contributed by atoms with Crippen LogP contribution in [0.15, 0.2) is 29.3 Å². The lowest BCUT2D eigenvalue weighted by Gasteiger charge is -2.26. The number of carbonyl (C=O) groups excluding carboxylic acids is 1. The Balaban J connectivity index is 0.00000300. The Morgan fingerprint density at radius 2 is 2.00 bits per heavy atom. The van der Waals surface area contributed by atoms with Gasteiger partial charge in [-0.05, 0) is 31.4 Å². The van der Waals surface area contributed by atoms with Gasteiger partial charge in [0.2, 0.25) is 5.91 Å². The van der Waals surface area contributed by atoms with Gasteiger partial charge in [0.15, 0.2) is 5.96 Å². The quantitative estimate of drug-likeness (QED) is 0.253. The SMILES string of the molecule is CN=C(NCCOc1ccccc1Cl)NC1CCN(C(=O)C2CCCCC2)C1.I. The molecule has 2 N–H and O–H groups in total. The number of ether oxygens (including phenoxy) is 1. The number of nitrogens with one attached hydrogen (secondary N) is 2. The average molecular weight is 535 g/mol. The van der Waals surface area contributed by atoms with Crippen molar-refractivity contribution in [2.75, 3.05) is 33.3 Å². The monoisotopic (exact) mass is 534 g/mol. The largest absolute Gasteiger partial charge is 0.490 e. The van der Waals surface area contributed by atoms with Crippen LogP contribution in [0.25, 0.3) is 0 Å². The number of halogens is 2. The van der Waals surface area contributed by atoms with Gasteiger partial charge < -0.3 is 20.3 Å². The van der Waals surface area contributed by atoms with Crippen LogP contribution in [0.3, 0.4) is 0 Å². The van der Waals surface area contributed by atoms with Crippen LogP contribution >= 0.6 is 35.6 Å². The van der Waals surface area contributed by atoms with Crippen LogP contribution in [0.4, 0.5) is 0 Å². The number of benzene rings is 1. The number of carbonyl (C=O) groups is 1. The molecule has 1 atom stereocenters. The zero-order valence-corrected chi connectivity index (χ0v) is 20.1. The highest BCUT2D eigenvalue weighted by Gasteiger charge is 2.31.